The maximum atomic E-state index is 14.9. The summed E-state index contributed by atoms with van der Waals surface area (Å²) in [6.07, 6.45) is 36.8. The Bertz CT molecular complexity index is 1240. The minimum absolute atomic E-state index is 0.126. The third-order valence-corrected chi connectivity index (χ3v) is 17.6. The van der Waals surface area contributed by atoms with Gasteiger partial charge in [-0.15, -0.1) is 0 Å². The van der Waals surface area contributed by atoms with Crippen LogP contribution in [0.3, 0.4) is 0 Å². The number of rotatable bonds is 48. The summed E-state index contributed by atoms with van der Waals surface area (Å²) in [4.78, 5) is 0. The molecular weight excluding hydrogens is 813 g/mol. The van der Waals surface area contributed by atoms with Gasteiger partial charge in [0.1, 0.15) is 0 Å². The Balaban J connectivity index is 5.95. The highest BCUT2D eigenvalue weighted by Crippen LogP contribution is 2.27. The molecule has 0 amide bonds. The van der Waals surface area contributed by atoms with Crippen molar-refractivity contribution in [2.24, 2.45) is 0 Å². The summed E-state index contributed by atoms with van der Waals surface area (Å²) < 4.78 is 61.2. The van der Waals surface area contributed by atoms with Gasteiger partial charge in [-0.2, -0.15) is 21.0 Å². The minimum atomic E-state index is -4.16. The van der Waals surface area contributed by atoms with Gasteiger partial charge in [0.15, 0.2) is 4.58 Å². The molecule has 0 aromatic rings. The van der Waals surface area contributed by atoms with Gasteiger partial charge in [-0.3, -0.25) is 0 Å². The highest BCUT2D eigenvalue weighted by Gasteiger charge is 2.43. The molecule has 62 heavy (non-hydrogen) atoms. The quantitative estimate of drug-likeness (QED) is 0.0543. The fourth-order valence-corrected chi connectivity index (χ4v) is 13.4. The lowest BCUT2D eigenvalue weighted by atomic mass is 10.1. The lowest BCUT2D eigenvalue weighted by Gasteiger charge is -2.32. The van der Waals surface area contributed by atoms with Gasteiger partial charge in [-0.25, -0.2) is 25.4 Å². The highest BCUT2D eigenvalue weighted by molar-refractivity contribution is 8.07. The molecule has 0 aliphatic heterocycles. The summed E-state index contributed by atoms with van der Waals surface area (Å²) in [6, 6.07) is 8.85. The second kappa shape index (κ2) is 44.0. The van der Waals surface area contributed by atoms with Gasteiger partial charge in [0.25, 0.3) is 0 Å². The molecule has 0 aliphatic carbocycles. The first-order valence-corrected chi connectivity index (χ1v) is 28.7. The molecule has 0 aromatic heterocycles. The number of hydrogen-bond donors (Lipinski definition) is 0. The van der Waals surface area contributed by atoms with Crippen molar-refractivity contribution in [3.63, 3.8) is 0 Å². The fraction of sp³-hybridized carbons (Fsp3) is 0.920. The summed E-state index contributed by atoms with van der Waals surface area (Å²) in [7, 11) is -8.32. The molecule has 10 nitrogen and oxygen atoms in total. The lowest BCUT2D eigenvalue weighted by molar-refractivity contribution is 0.367. The van der Waals surface area contributed by atoms with Crippen LogP contribution in [0.25, 0.3) is 0 Å². The Morgan fingerprint density at radius 3 is 0.742 bits per heavy atom. The van der Waals surface area contributed by atoms with Crippen LogP contribution >= 0.6 is 0 Å². The van der Waals surface area contributed by atoms with Crippen molar-refractivity contribution in [1.82, 2.24) is 8.61 Å². The zero-order valence-electron chi connectivity index (χ0n) is 39.8. The predicted molar refractivity (Wildman–Crippen MR) is 258 cm³/mol. The van der Waals surface area contributed by atoms with Gasteiger partial charge in [0.05, 0.1) is 24.3 Å². The van der Waals surface area contributed by atoms with Crippen LogP contribution in [0.5, 0.6) is 0 Å². The molecule has 0 aliphatic rings. The minimum Gasteiger partial charge on any atom is -0.211 e. The predicted octanol–water partition coefficient (Wildman–Crippen LogP) is 14.3. The van der Waals surface area contributed by atoms with E-state index in [9.17, 15) is 16.8 Å². The van der Waals surface area contributed by atoms with Crippen LogP contribution in [0.1, 0.15) is 264 Å². The Morgan fingerprint density at radius 2 is 0.532 bits per heavy atom. The number of hydrogen-bond acceptors (Lipinski definition) is 8. The molecule has 358 valence electrons. The molecule has 0 radical (unpaired) electrons. The van der Waals surface area contributed by atoms with E-state index in [4.69, 9.17) is 21.0 Å². The fourth-order valence-electron chi connectivity index (χ4n) is 8.29. The average Bonchev–Trinajstić information content (AvgIpc) is 3.25. The maximum absolute atomic E-state index is 14.9. The van der Waals surface area contributed by atoms with E-state index in [1.807, 2.05) is 0 Å². The first-order valence-electron chi connectivity index (χ1n) is 25.7. The number of nitriles is 4. The first-order chi connectivity index (χ1) is 30.2. The van der Waals surface area contributed by atoms with E-state index in [1.165, 1.54) is 0 Å². The van der Waals surface area contributed by atoms with E-state index < -0.39 is 24.6 Å². The van der Waals surface area contributed by atoms with Crippen LogP contribution in [-0.2, 0) is 20.0 Å². The van der Waals surface area contributed by atoms with Gasteiger partial charge in [0.2, 0.25) is 20.0 Å². The normalized spacial score (nSPS) is 11.9. The van der Waals surface area contributed by atoms with E-state index >= 15 is 0 Å². The van der Waals surface area contributed by atoms with Gasteiger partial charge >= 0.3 is 0 Å². The highest BCUT2D eigenvalue weighted by atomic mass is 32.3. The van der Waals surface area contributed by atoms with Crippen LogP contribution in [0.4, 0.5) is 0 Å². The van der Waals surface area contributed by atoms with Gasteiger partial charge < -0.3 is 0 Å². The Morgan fingerprint density at radius 1 is 0.323 bits per heavy atom. The van der Waals surface area contributed by atoms with Crippen molar-refractivity contribution in [3.8, 4) is 24.3 Å². The van der Waals surface area contributed by atoms with Gasteiger partial charge in [0, 0.05) is 51.9 Å². The zero-order valence-corrected chi connectivity index (χ0v) is 41.5. The molecule has 0 unspecified atom stereocenters. The Hall–Kier alpha value is -2.22. The molecule has 0 saturated carbocycles. The number of nitrogens with zero attached hydrogens (tertiary/aromatic N) is 6. The number of sulfonamides is 2. The molecule has 0 saturated heterocycles. The Labute approximate surface area is 383 Å². The van der Waals surface area contributed by atoms with Crippen LogP contribution in [-0.4, -0.2) is 56.2 Å². The smallest absolute Gasteiger partial charge is 0.211 e. The molecule has 12 heteroatoms. The van der Waals surface area contributed by atoms with E-state index in [-0.39, 0.29) is 6.42 Å². The third kappa shape index (κ3) is 33.3. The summed E-state index contributed by atoms with van der Waals surface area (Å²) >= 11 is 0. The summed E-state index contributed by atoms with van der Waals surface area (Å²) in [5.41, 5.74) is 0. The largest absolute Gasteiger partial charge is 0.232 e. The average molecular weight is 905 g/mol. The second-order valence-corrected chi connectivity index (χ2v) is 22.3. The topological polar surface area (TPSA) is 170 Å². The van der Waals surface area contributed by atoms with E-state index in [2.05, 4.69) is 31.2 Å². The monoisotopic (exact) mass is 905 g/mol. The molecular formula is C50H92N6O4S2. The molecule has 0 rings (SSSR count). The van der Waals surface area contributed by atoms with Crippen molar-refractivity contribution in [1.29, 1.82) is 21.0 Å². The molecule has 0 bridgehead atoms. The lowest BCUT2D eigenvalue weighted by Crippen LogP contribution is -2.49. The van der Waals surface area contributed by atoms with Crippen LogP contribution in [0, 0.1) is 45.3 Å². The Kier molecular flexibility index (Phi) is 42.4. The molecule has 0 N–H and O–H groups in total. The van der Waals surface area contributed by atoms with Crippen molar-refractivity contribution in [3.05, 3.63) is 0 Å². The van der Waals surface area contributed by atoms with Crippen molar-refractivity contribution < 1.29 is 16.8 Å². The van der Waals surface area contributed by atoms with Crippen LogP contribution in [0.2, 0.25) is 0 Å². The summed E-state index contributed by atoms with van der Waals surface area (Å²) in [5.74, 6) is 0. The maximum Gasteiger partial charge on any atom is 0.232 e. The molecule has 0 heterocycles. The molecule has 0 spiro atoms. The number of unbranched alkanes of at least 4 members (excludes halogenated alkanes) is 34. The van der Waals surface area contributed by atoms with E-state index in [0.717, 1.165) is 218 Å². The van der Waals surface area contributed by atoms with E-state index in [1.54, 1.807) is 8.61 Å². The SMILES string of the molecule is CCCCCC(S(=O)(=O)N(CCCCCCCCCCC#N)CCCCCCCCCCC#N)S(=O)(=O)N(CCCCCCCCCCC#N)CCCCCCCCCCC#N. The third-order valence-electron chi connectivity index (χ3n) is 12.2. The van der Waals surface area contributed by atoms with Gasteiger partial charge in [-0.1, -0.05) is 180 Å². The molecule has 0 aromatic carbocycles. The molecule has 0 fully saturated rings. The van der Waals surface area contributed by atoms with Crippen LogP contribution < -0.4 is 0 Å². The van der Waals surface area contributed by atoms with Crippen molar-refractivity contribution >= 4 is 20.0 Å². The zero-order chi connectivity index (χ0) is 45.7. The van der Waals surface area contributed by atoms with Crippen molar-refractivity contribution in [2.45, 2.75) is 268 Å². The standard InChI is InChI=1S/C50H92N6O4S2/c1-2-3-32-41-50(61(57,58)55(46-37-28-20-12-4-8-16-24-33-42-51)47-38-29-21-13-5-9-17-25-34-43-52)62(59,60)56(48-39-30-22-14-6-10-18-26-35-44-53)49-40-31-23-15-7-11-19-27-36-45-54/h50H,2-41,46-49H2,1H3. The molecule has 0 atom stereocenters. The first kappa shape index (κ1) is 59.8. The summed E-state index contributed by atoms with van der Waals surface area (Å²) in [5, 5.41) is 35.2. The van der Waals surface area contributed by atoms with E-state index in [0.29, 0.717) is 58.3 Å². The van der Waals surface area contributed by atoms with Crippen LogP contribution in [0.15, 0.2) is 0 Å². The van der Waals surface area contributed by atoms with Gasteiger partial charge in [-0.05, 0) is 57.8 Å². The summed E-state index contributed by atoms with van der Waals surface area (Å²) in [6.45, 7) is 3.49. The second-order valence-electron chi connectivity index (χ2n) is 17.8. The van der Waals surface area contributed by atoms with Crippen molar-refractivity contribution in [2.75, 3.05) is 26.2 Å².